The number of aromatic nitrogens is 1. The number of likely N-dealkylation sites (N-methyl/N-ethyl adjacent to an activating group) is 1. The Morgan fingerprint density at radius 2 is 1.97 bits per heavy atom. The number of hydrogen-bond donors (Lipinski definition) is 1. The Balaban J connectivity index is 1.32. The lowest BCUT2D eigenvalue weighted by atomic mass is 9.94. The molecule has 0 aliphatic carbocycles. The first-order valence-corrected chi connectivity index (χ1v) is 10.9. The first-order valence-electron chi connectivity index (χ1n) is 10.9. The van der Waals surface area contributed by atoms with Crippen LogP contribution < -0.4 is 15.4 Å². The Hall–Kier alpha value is -2.57. The molecule has 1 fully saturated rings. The fraction of sp³-hybridized carbons (Fsp3) is 0.458. The molecular weight excluding hydrogens is 376 g/mol. The zero-order valence-electron chi connectivity index (χ0n) is 18.0. The van der Waals surface area contributed by atoms with Gasteiger partial charge in [-0.15, -0.1) is 0 Å². The highest BCUT2D eigenvalue weighted by Crippen LogP contribution is 2.27. The van der Waals surface area contributed by atoms with E-state index in [2.05, 4.69) is 35.0 Å². The van der Waals surface area contributed by atoms with E-state index < -0.39 is 0 Å². The van der Waals surface area contributed by atoms with Gasteiger partial charge in [0, 0.05) is 50.7 Å². The molecule has 0 saturated carbocycles. The summed E-state index contributed by atoms with van der Waals surface area (Å²) < 4.78 is 11.6. The smallest absolute Gasteiger partial charge is 0.179 e. The Bertz CT molecular complexity index is 957. The number of benzene rings is 2. The molecule has 0 radical (unpaired) electrons. The third-order valence-electron chi connectivity index (χ3n) is 6.22. The summed E-state index contributed by atoms with van der Waals surface area (Å²) in [5.74, 6) is 2.36. The first-order chi connectivity index (χ1) is 14.7. The summed E-state index contributed by atoms with van der Waals surface area (Å²) in [7, 11) is 2.09. The molecule has 1 aliphatic rings. The van der Waals surface area contributed by atoms with Gasteiger partial charge in [-0.1, -0.05) is 35.5 Å². The number of likely N-dealkylation sites (tertiary alicyclic amines) is 1. The molecule has 6 nitrogen and oxygen atoms in total. The second-order valence-electron chi connectivity index (χ2n) is 8.33. The molecule has 0 bridgehead atoms. The number of anilines is 1. The molecule has 2 atom stereocenters. The summed E-state index contributed by atoms with van der Waals surface area (Å²) in [6.07, 6.45) is 2.40. The zero-order chi connectivity index (χ0) is 20.9. The molecule has 30 heavy (non-hydrogen) atoms. The fourth-order valence-electron chi connectivity index (χ4n) is 4.26. The van der Waals surface area contributed by atoms with Crippen LogP contribution in [0, 0.1) is 5.92 Å². The number of nitrogens with zero attached hydrogens (tertiary/aromatic N) is 3. The van der Waals surface area contributed by atoms with Crippen molar-refractivity contribution in [3.05, 3.63) is 54.1 Å². The minimum atomic E-state index is 0.507. The molecule has 1 saturated heterocycles. The normalized spacial score (nSPS) is 19.8. The van der Waals surface area contributed by atoms with E-state index in [0.29, 0.717) is 18.5 Å². The molecule has 2 N–H and O–H groups in total. The maximum Gasteiger partial charge on any atom is 0.179 e. The minimum absolute atomic E-state index is 0.507. The molecule has 3 aromatic rings. The van der Waals surface area contributed by atoms with Gasteiger partial charge >= 0.3 is 0 Å². The predicted molar refractivity (Wildman–Crippen MR) is 121 cm³/mol. The molecule has 4 rings (SSSR count). The van der Waals surface area contributed by atoms with Crippen LogP contribution in [0.4, 0.5) is 5.82 Å². The van der Waals surface area contributed by atoms with Crippen molar-refractivity contribution in [2.45, 2.75) is 32.4 Å². The van der Waals surface area contributed by atoms with Crippen LogP contribution in [0.2, 0.25) is 0 Å². The summed E-state index contributed by atoms with van der Waals surface area (Å²) in [5.41, 5.74) is 7.74. The van der Waals surface area contributed by atoms with E-state index in [1.54, 1.807) is 0 Å². The van der Waals surface area contributed by atoms with Gasteiger partial charge in [-0.25, -0.2) is 0 Å². The van der Waals surface area contributed by atoms with Gasteiger partial charge in [0.2, 0.25) is 0 Å². The van der Waals surface area contributed by atoms with Gasteiger partial charge in [0.25, 0.3) is 0 Å². The highest BCUT2D eigenvalue weighted by Gasteiger charge is 2.26. The van der Waals surface area contributed by atoms with Gasteiger partial charge in [-0.3, -0.25) is 4.90 Å². The number of nitrogens with two attached hydrogens (primary N) is 1. The number of hydrogen-bond acceptors (Lipinski definition) is 6. The van der Waals surface area contributed by atoms with E-state index in [9.17, 15) is 0 Å². The zero-order valence-corrected chi connectivity index (χ0v) is 18.0. The average molecular weight is 409 g/mol. The standard InChI is InChI=1S/C24H32N4O2/c1-18-11-12-19(17-29-22-9-5-3-7-20(22)15-25)16-28(18)14-13-27(2)24-21-8-4-6-10-23(21)30-26-24/h3-10,18-19H,11-17,25H2,1-2H3/t18-,19-/m0/s1. The predicted octanol–water partition coefficient (Wildman–Crippen LogP) is 3.90. The lowest BCUT2D eigenvalue weighted by Crippen LogP contribution is -2.46. The van der Waals surface area contributed by atoms with Gasteiger partial charge < -0.3 is 19.9 Å². The van der Waals surface area contributed by atoms with E-state index in [0.717, 1.165) is 54.3 Å². The van der Waals surface area contributed by atoms with Crippen molar-refractivity contribution in [2.75, 3.05) is 38.2 Å². The van der Waals surface area contributed by atoms with Crippen molar-refractivity contribution >= 4 is 16.8 Å². The van der Waals surface area contributed by atoms with Crippen LogP contribution in [0.5, 0.6) is 5.75 Å². The fourth-order valence-corrected chi connectivity index (χ4v) is 4.26. The van der Waals surface area contributed by atoms with Crippen LogP contribution in [0.1, 0.15) is 25.3 Å². The highest BCUT2D eigenvalue weighted by molar-refractivity contribution is 5.88. The first kappa shape index (κ1) is 20.7. The topological polar surface area (TPSA) is 67.8 Å². The lowest BCUT2D eigenvalue weighted by Gasteiger charge is -2.38. The van der Waals surface area contributed by atoms with Crippen molar-refractivity contribution in [1.29, 1.82) is 0 Å². The number of ether oxygens (including phenoxy) is 1. The van der Waals surface area contributed by atoms with Crippen LogP contribution in [-0.4, -0.2) is 49.4 Å². The van der Waals surface area contributed by atoms with Crippen molar-refractivity contribution in [1.82, 2.24) is 10.1 Å². The Morgan fingerprint density at radius 1 is 1.17 bits per heavy atom. The lowest BCUT2D eigenvalue weighted by molar-refractivity contribution is 0.0916. The van der Waals surface area contributed by atoms with Gasteiger partial charge in [0.1, 0.15) is 5.75 Å². The van der Waals surface area contributed by atoms with E-state index in [4.69, 9.17) is 15.0 Å². The number of para-hydroxylation sites is 2. The summed E-state index contributed by atoms with van der Waals surface area (Å²) >= 11 is 0. The highest BCUT2D eigenvalue weighted by atomic mass is 16.5. The van der Waals surface area contributed by atoms with Crippen LogP contribution >= 0.6 is 0 Å². The molecule has 0 amide bonds. The maximum atomic E-state index is 6.14. The molecule has 0 spiro atoms. The second kappa shape index (κ2) is 9.49. The summed E-state index contributed by atoms with van der Waals surface area (Å²) in [4.78, 5) is 4.77. The summed E-state index contributed by atoms with van der Waals surface area (Å²) in [6.45, 7) is 6.53. The van der Waals surface area contributed by atoms with Gasteiger partial charge in [0.05, 0.1) is 12.0 Å². The quantitative estimate of drug-likeness (QED) is 0.610. The summed E-state index contributed by atoms with van der Waals surface area (Å²) in [6, 6.07) is 16.7. The average Bonchev–Trinajstić information content (AvgIpc) is 3.22. The Morgan fingerprint density at radius 3 is 2.83 bits per heavy atom. The molecule has 6 heteroatoms. The van der Waals surface area contributed by atoms with Crippen LogP contribution in [0.3, 0.4) is 0 Å². The van der Waals surface area contributed by atoms with Crippen molar-refractivity contribution in [3.63, 3.8) is 0 Å². The Kier molecular flexibility index (Phi) is 6.55. The van der Waals surface area contributed by atoms with Crippen LogP contribution in [-0.2, 0) is 6.54 Å². The Labute approximate surface area is 178 Å². The van der Waals surface area contributed by atoms with Crippen LogP contribution in [0.25, 0.3) is 11.0 Å². The molecule has 2 heterocycles. The largest absolute Gasteiger partial charge is 0.493 e. The van der Waals surface area contributed by atoms with E-state index in [1.807, 2.05) is 42.5 Å². The second-order valence-corrected chi connectivity index (χ2v) is 8.33. The third kappa shape index (κ3) is 4.60. The molecule has 160 valence electrons. The minimum Gasteiger partial charge on any atom is -0.493 e. The molecule has 0 unspecified atom stereocenters. The number of fused-ring (bicyclic) bond motifs is 1. The van der Waals surface area contributed by atoms with Gasteiger partial charge in [-0.05, 0) is 38.0 Å². The SMILES string of the molecule is C[C@H]1CC[C@H](COc2ccccc2CN)CN1CCN(C)c1noc2ccccc12. The number of piperidine rings is 1. The molecule has 2 aromatic carbocycles. The van der Waals surface area contributed by atoms with Crippen molar-refractivity contribution in [2.24, 2.45) is 11.7 Å². The molecular formula is C24H32N4O2. The molecule has 1 aromatic heterocycles. The third-order valence-corrected chi connectivity index (χ3v) is 6.22. The van der Waals surface area contributed by atoms with Crippen molar-refractivity contribution in [3.8, 4) is 5.75 Å². The monoisotopic (exact) mass is 408 g/mol. The van der Waals surface area contributed by atoms with Crippen LogP contribution in [0.15, 0.2) is 53.1 Å². The van der Waals surface area contributed by atoms with E-state index in [-0.39, 0.29) is 0 Å². The van der Waals surface area contributed by atoms with Crippen molar-refractivity contribution < 1.29 is 9.26 Å². The maximum absolute atomic E-state index is 6.14. The summed E-state index contributed by atoms with van der Waals surface area (Å²) in [5, 5.41) is 5.34. The van der Waals surface area contributed by atoms with Gasteiger partial charge in [-0.2, -0.15) is 0 Å². The van der Waals surface area contributed by atoms with Gasteiger partial charge in [0.15, 0.2) is 11.4 Å². The van der Waals surface area contributed by atoms with E-state index in [1.165, 1.54) is 12.8 Å². The number of rotatable bonds is 8. The molecule has 1 aliphatic heterocycles. The van der Waals surface area contributed by atoms with E-state index >= 15 is 0 Å².